The maximum absolute atomic E-state index is 13.4. The number of rotatable bonds is 4. The standard InChI is InChI=1S/C24H17ClN4O3/c1-13-3-2-4-15-22(13)20(10-16-17(25)7-8-27-19(16)11-26)29(23(15)30)12-14-5-6-18-21(9-14)32-24(31)28-18/h2-9,20H,10,12H2,1H3,(H,28,31). The van der Waals surface area contributed by atoms with Crippen molar-refractivity contribution in [2.45, 2.75) is 25.9 Å². The quantitative estimate of drug-likeness (QED) is 0.505. The zero-order valence-corrected chi connectivity index (χ0v) is 17.8. The highest BCUT2D eigenvalue weighted by Gasteiger charge is 2.38. The van der Waals surface area contributed by atoms with Gasteiger partial charge in [0.05, 0.1) is 11.6 Å². The third kappa shape index (κ3) is 3.26. The molecular weight excluding hydrogens is 428 g/mol. The van der Waals surface area contributed by atoms with E-state index in [2.05, 4.69) is 16.0 Å². The fourth-order valence-corrected chi connectivity index (χ4v) is 4.62. The molecule has 8 heteroatoms. The highest BCUT2D eigenvalue weighted by molar-refractivity contribution is 6.31. The van der Waals surface area contributed by atoms with Gasteiger partial charge in [0, 0.05) is 35.3 Å². The number of H-pyrrole nitrogens is 1. The van der Waals surface area contributed by atoms with Crippen molar-refractivity contribution in [3.8, 4) is 6.07 Å². The SMILES string of the molecule is Cc1cccc2c1C(Cc1c(Cl)ccnc1C#N)N(Cc1ccc3[nH]c(=O)oc3c1)C2=O. The summed E-state index contributed by atoms with van der Waals surface area (Å²) in [7, 11) is 0. The lowest BCUT2D eigenvalue weighted by atomic mass is 9.93. The summed E-state index contributed by atoms with van der Waals surface area (Å²) >= 11 is 6.43. The Bertz CT molecular complexity index is 1480. The molecule has 0 radical (unpaired) electrons. The highest BCUT2D eigenvalue weighted by atomic mass is 35.5. The van der Waals surface area contributed by atoms with Crippen LogP contribution in [0.4, 0.5) is 0 Å². The number of hydrogen-bond acceptors (Lipinski definition) is 5. The Hall–Kier alpha value is -3.89. The summed E-state index contributed by atoms with van der Waals surface area (Å²) in [5.74, 6) is -0.617. The average molecular weight is 445 g/mol. The Morgan fingerprint density at radius 2 is 2.09 bits per heavy atom. The van der Waals surface area contributed by atoms with Crippen LogP contribution in [0.25, 0.3) is 11.1 Å². The number of amides is 1. The summed E-state index contributed by atoms with van der Waals surface area (Å²) in [5.41, 5.74) is 5.29. The van der Waals surface area contributed by atoms with E-state index in [1.54, 1.807) is 23.1 Å². The number of nitrogens with zero attached hydrogens (tertiary/aromatic N) is 3. The van der Waals surface area contributed by atoms with E-state index in [-0.39, 0.29) is 17.6 Å². The molecule has 7 nitrogen and oxygen atoms in total. The number of oxazole rings is 1. The predicted molar refractivity (Wildman–Crippen MR) is 118 cm³/mol. The molecule has 0 spiro atoms. The van der Waals surface area contributed by atoms with Crippen LogP contribution in [-0.2, 0) is 13.0 Å². The van der Waals surface area contributed by atoms with E-state index < -0.39 is 5.76 Å². The lowest BCUT2D eigenvalue weighted by Crippen LogP contribution is -2.29. The topological polar surface area (TPSA) is 103 Å². The van der Waals surface area contributed by atoms with Gasteiger partial charge in [0.15, 0.2) is 5.58 Å². The molecule has 0 saturated carbocycles. The molecule has 158 valence electrons. The molecule has 0 aliphatic carbocycles. The third-order valence-electron chi connectivity index (χ3n) is 5.87. The van der Waals surface area contributed by atoms with Crippen LogP contribution in [0.5, 0.6) is 0 Å². The van der Waals surface area contributed by atoms with Gasteiger partial charge in [0.2, 0.25) is 0 Å². The molecule has 1 atom stereocenters. The lowest BCUT2D eigenvalue weighted by molar-refractivity contribution is 0.0709. The zero-order chi connectivity index (χ0) is 22.4. The Morgan fingerprint density at radius 1 is 1.25 bits per heavy atom. The zero-order valence-electron chi connectivity index (χ0n) is 17.1. The summed E-state index contributed by atoms with van der Waals surface area (Å²) in [6, 6.07) is 14.5. The van der Waals surface area contributed by atoms with Gasteiger partial charge in [-0.15, -0.1) is 0 Å². The van der Waals surface area contributed by atoms with Gasteiger partial charge < -0.3 is 9.32 Å². The van der Waals surface area contributed by atoms with E-state index in [9.17, 15) is 14.9 Å². The van der Waals surface area contributed by atoms with Crippen LogP contribution in [0.3, 0.4) is 0 Å². The Labute approximate surface area is 187 Å². The first-order chi connectivity index (χ1) is 15.5. The largest absolute Gasteiger partial charge is 0.417 e. The maximum atomic E-state index is 13.4. The van der Waals surface area contributed by atoms with E-state index in [0.717, 1.165) is 16.7 Å². The fourth-order valence-electron chi connectivity index (χ4n) is 4.39. The average Bonchev–Trinajstić information content (AvgIpc) is 3.27. The monoisotopic (exact) mass is 444 g/mol. The second-order valence-corrected chi connectivity index (χ2v) is 8.17. The molecule has 1 aliphatic heterocycles. The minimum atomic E-state index is -0.523. The molecule has 32 heavy (non-hydrogen) atoms. The van der Waals surface area contributed by atoms with Crippen molar-refractivity contribution in [3.63, 3.8) is 0 Å². The van der Waals surface area contributed by atoms with E-state index in [1.165, 1.54) is 6.20 Å². The van der Waals surface area contributed by atoms with Crippen molar-refractivity contribution in [1.82, 2.24) is 14.9 Å². The second-order valence-electron chi connectivity index (χ2n) is 7.77. The fraction of sp³-hybridized carbons (Fsp3) is 0.167. The van der Waals surface area contributed by atoms with Gasteiger partial charge in [-0.25, -0.2) is 9.78 Å². The van der Waals surface area contributed by atoms with Crippen LogP contribution in [-0.4, -0.2) is 20.8 Å². The summed E-state index contributed by atoms with van der Waals surface area (Å²) in [4.78, 5) is 33.4. The number of benzene rings is 2. The van der Waals surface area contributed by atoms with E-state index in [0.29, 0.717) is 40.2 Å². The highest BCUT2D eigenvalue weighted by Crippen LogP contribution is 2.40. The minimum Gasteiger partial charge on any atom is -0.408 e. The van der Waals surface area contributed by atoms with Crippen LogP contribution in [0.2, 0.25) is 5.02 Å². The van der Waals surface area contributed by atoms with Crippen LogP contribution < -0.4 is 5.76 Å². The van der Waals surface area contributed by atoms with Gasteiger partial charge in [-0.05, 0) is 47.9 Å². The Balaban J connectivity index is 1.58. The van der Waals surface area contributed by atoms with Crippen LogP contribution >= 0.6 is 11.6 Å². The molecule has 0 bridgehead atoms. The molecule has 1 N–H and O–H groups in total. The number of fused-ring (bicyclic) bond motifs is 2. The number of aryl methyl sites for hydroxylation is 1. The van der Waals surface area contributed by atoms with Crippen molar-refractivity contribution < 1.29 is 9.21 Å². The summed E-state index contributed by atoms with van der Waals surface area (Å²) < 4.78 is 5.17. The van der Waals surface area contributed by atoms with Gasteiger partial charge >= 0.3 is 5.76 Å². The van der Waals surface area contributed by atoms with Gasteiger partial charge in [0.25, 0.3) is 5.91 Å². The number of aromatic nitrogens is 2. The van der Waals surface area contributed by atoms with Crippen molar-refractivity contribution >= 4 is 28.6 Å². The number of carbonyl (C=O) groups excluding carboxylic acids is 1. The van der Waals surface area contributed by atoms with E-state index >= 15 is 0 Å². The molecule has 1 amide bonds. The summed E-state index contributed by atoms with van der Waals surface area (Å²) in [6.07, 6.45) is 1.86. The minimum absolute atomic E-state index is 0.0946. The van der Waals surface area contributed by atoms with Gasteiger partial charge in [-0.1, -0.05) is 29.8 Å². The first-order valence-corrected chi connectivity index (χ1v) is 10.4. The molecule has 0 fully saturated rings. The number of halogens is 1. The molecule has 4 aromatic rings. The number of nitriles is 1. The number of carbonyl (C=O) groups is 1. The predicted octanol–water partition coefficient (Wildman–Crippen LogP) is 4.29. The van der Waals surface area contributed by atoms with Crippen molar-refractivity contribution in [1.29, 1.82) is 5.26 Å². The number of aromatic amines is 1. The lowest BCUT2D eigenvalue weighted by Gasteiger charge is -2.27. The van der Waals surface area contributed by atoms with Crippen LogP contribution in [0, 0.1) is 18.3 Å². The molecule has 0 saturated heterocycles. The summed E-state index contributed by atoms with van der Waals surface area (Å²) in [5, 5.41) is 9.98. The first-order valence-electron chi connectivity index (χ1n) is 10.0. The molecule has 1 aliphatic rings. The third-order valence-corrected chi connectivity index (χ3v) is 6.22. The van der Waals surface area contributed by atoms with Crippen molar-refractivity contribution in [3.05, 3.63) is 97.7 Å². The van der Waals surface area contributed by atoms with E-state index in [4.69, 9.17) is 16.0 Å². The first kappa shape index (κ1) is 20.0. The van der Waals surface area contributed by atoms with Gasteiger partial charge in [0.1, 0.15) is 11.8 Å². The van der Waals surface area contributed by atoms with Crippen LogP contribution in [0.15, 0.2) is 57.9 Å². The maximum Gasteiger partial charge on any atom is 0.417 e. The molecule has 2 aromatic carbocycles. The van der Waals surface area contributed by atoms with Crippen molar-refractivity contribution in [2.75, 3.05) is 0 Å². The Morgan fingerprint density at radius 3 is 2.91 bits per heavy atom. The number of pyridine rings is 1. The molecule has 1 unspecified atom stereocenters. The second kappa shape index (κ2) is 7.66. The van der Waals surface area contributed by atoms with Gasteiger partial charge in [-0.3, -0.25) is 9.78 Å². The van der Waals surface area contributed by atoms with Gasteiger partial charge in [-0.2, -0.15) is 5.26 Å². The molecular formula is C24H17ClN4O3. The summed E-state index contributed by atoms with van der Waals surface area (Å²) in [6.45, 7) is 2.28. The van der Waals surface area contributed by atoms with E-state index in [1.807, 2.05) is 31.2 Å². The normalized spacial score (nSPS) is 15.2. The molecule has 2 aromatic heterocycles. The Kier molecular flexibility index (Phi) is 4.80. The molecule has 3 heterocycles. The van der Waals surface area contributed by atoms with Crippen LogP contribution in [0.1, 0.15) is 44.3 Å². The van der Waals surface area contributed by atoms with Crippen molar-refractivity contribution in [2.24, 2.45) is 0 Å². The number of nitrogens with one attached hydrogen (secondary N) is 1. The number of hydrogen-bond donors (Lipinski definition) is 1. The smallest absolute Gasteiger partial charge is 0.408 e. The molecule has 5 rings (SSSR count).